The zero-order chi connectivity index (χ0) is 13.6. The van der Waals surface area contributed by atoms with Crippen molar-refractivity contribution < 1.29 is 18.3 Å². The second-order valence-electron chi connectivity index (χ2n) is 5.21. The van der Waals surface area contributed by atoms with Crippen molar-refractivity contribution in [3.05, 3.63) is 0 Å². The third kappa shape index (κ3) is 5.12. The highest BCUT2D eigenvalue weighted by atomic mass is 19.4. The minimum absolute atomic E-state index is 0.0739. The van der Waals surface area contributed by atoms with E-state index in [2.05, 4.69) is 10.2 Å². The molecule has 108 valence electrons. The molecule has 1 fully saturated rings. The number of hydrogen-bond acceptors (Lipinski definition) is 3. The Morgan fingerprint density at radius 3 is 2.50 bits per heavy atom. The van der Waals surface area contributed by atoms with Gasteiger partial charge in [-0.15, -0.1) is 0 Å². The zero-order valence-corrected chi connectivity index (χ0v) is 10.9. The molecule has 0 radical (unpaired) electrons. The largest absolute Gasteiger partial charge is 0.394 e. The molecule has 0 aromatic rings. The Bertz CT molecular complexity index is 240. The maximum absolute atomic E-state index is 12.2. The van der Waals surface area contributed by atoms with E-state index in [9.17, 15) is 18.3 Å². The lowest BCUT2D eigenvalue weighted by Crippen LogP contribution is -2.50. The van der Waals surface area contributed by atoms with E-state index < -0.39 is 18.1 Å². The normalized spacial score (nSPS) is 22.5. The third-order valence-electron chi connectivity index (χ3n) is 3.62. The Hall–Kier alpha value is -0.330. The molecule has 1 aliphatic rings. The molecule has 0 saturated carbocycles. The van der Waals surface area contributed by atoms with Crippen molar-refractivity contribution in [3.63, 3.8) is 0 Å². The summed E-state index contributed by atoms with van der Waals surface area (Å²) in [6.45, 7) is 5.13. The predicted molar refractivity (Wildman–Crippen MR) is 64.5 cm³/mol. The lowest BCUT2D eigenvalue weighted by molar-refractivity contribution is -0.137. The van der Waals surface area contributed by atoms with Crippen LogP contribution in [0.5, 0.6) is 0 Å². The van der Waals surface area contributed by atoms with Crippen molar-refractivity contribution in [1.82, 2.24) is 10.2 Å². The average molecular weight is 268 g/mol. The summed E-state index contributed by atoms with van der Waals surface area (Å²) in [5.74, 6) is 0. The fourth-order valence-corrected chi connectivity index (χ4v) is 2.39. The zero-order valence-electron chi connectivity index (χ0n) is 10.9. The van der Waals surface area contributed by atoms with Gasteiger partial charge in [-0.3, -0.25) is 4.90 Å². The molecule has 1 heterocycles. The van der Waals surface area contributed by atoms with Gasteiger partial charge < -0.3 is 10.4 Å². The molecule has 1 aliphatic heterocycles. The molecule has 0 spiro atoms. The standard InChI is InChI=1S/C12H23F3N2O/c1-11(10-18,4-2-5-12(13,14)15)17-8-3-6-16-7-9-17/h16,18H,2-10H2,1H3. The fraction of sp³-hybridized carbons (Fsp3) is 1.00. The van der Waals surface area contributed by atoms with Gasteiger partial charge in [0.25, 0.3) is 0 Å². The first-order chi connectivity index (χ1) is 8.37. The van der Waals surface area contributed by atoms with E-state index in [1.807, 2.05) is 6.92 Å². The van der Waals surface area contributed by atoms with Gasteiger partial charge >= 0.3 is 6.18 Å². The first-order valence-corrected chi connectivity index (χ1v) is 6.51. The highest BCUT2D eigenvalue weighted by Crippen LogP contribution is 2.28. The molecule has 0 aromatic carbocycles. The Balaban J connectivity index is 2.49. The highest BCUT2D eigenvalue weighted by Gasteiger charge is 2.33. The first kappa shape index (κ1) is 15.7. The molecule has 1 unspecified atom stereocenters. The quantitative estimate of drug-likeness (QED) is 0.797. The third-order valence-corrected chi connectivity index (χ3v) is 3.62. The van der Waals surface area contributed by atoms with Crippen LogP contribution in [0.3, 0.4) is 0 Å². The number of hydrogen-bond donors (Lipinski definition) is 2. The van der Waals surface area contributed by atoms with Crippen molar-refractivity contribution in [2.45, 2.75) is 44.3 Å². The number of aliphatic hydroxyl groups is 1. The van der Waals surface area contributed by atoms with Gasteiger partial charge in [-0.1, -0.05) is 0 Å². The molecular formula is C12H23F3N2O. The van der Waals surface area contributed by atoms with Crippen LogP contribution in [-0.2, 0) is 0 Å². The molecular weight excluding hydrogens is 245 g/mol. The summed E-state index contributed by atoms with van der Waals surface area (Å²) in [5.41, 5.74) is -0.530. The van der Waals surface area contributed by atoms with Crippen LogP contribution in [0.15, 0.2) is 0 Å². The molecule has 6 heteroatoms. The molecule has 2 N–H and O–H groups in total. The maximum atomic E-state index is 12.2. The number of nitrogens with one attached hydrogen (secondary N) is 1. The second kappa shape index (κ2) is 6.73. The van der Waals surface area contributed by atoms with Gasteiger partial charge in [0.1, 0.15) is 0 Å². The van der Waals surface area contributed by atoms with Crippen LogP contribution in [-0.4, -0.2) is 54.5 Å². The van der Waals surface area contributed by atoms with E-state index in [1.54, 1.807) is 0 Å². The van der Waals surface area contributed by atoms with Crippen molar-refractivity contribution in [3.8, 4) is 0 Å². The summed E-state index contributed by atoms with van der Waals surface area (Å²) < 4.78 is 36.5. The summed E-state index contributed by atoms with van der Waals surface area (Å²) in [4.78, 5) is 2.11. The van der Waals surface area contributed by atoms with Crippen LogP contribution in [0.1, 0.15) is 32.6 Å². The Morgan fingerprint density at radius 1 is 1.17 bits per heavy atom. The van der Waals surface area contributed by atoms with Gasteiger partial charge in [0.2, 0.25) is 0 Å². The Kier molecular flexibility index (Phi) is 5.88. The average Bonchev–Trinajstić information content (AvgIpc) is 2.56. The van der Waals surface area contributed by atoms with Gasteiger partial charge in [0.05, 0.1) is 6.61 Å². The summed E-state index contributed by atoms with van der Waals surface area (Å²) in [5, 5.41) is 12.8. The lowest BCUT2D eigenvalue weighted by atomic mass is 9.93. The minimum atomic E-state index is -4.10. The van der Waals surface area contributed by atoms with E-state index in [1.165, 1.54) is 0 Å². The van der Waals surface area contributed by atoms with E-state index in [-0.39, 0.29) is 13.0 Å². The SMILES string of the molecule is CC(CO)(CCCC(F)(F)F)N1CCCNCC1. The van der Waals surface area contributed by atoms with Crippen LogP contribution >= 0.6 is 0 Å². The van der Waals surface area contributed by atoms with Crippen molar-refractivity contribution in [1.29, 1.82) is 0 Å². The minimum Gasteiger partial charge on any atom is -0.394 e. The number of aliphatic hydroxyl groups excluding tert-OH is 1. The summed E-state index contributed by atoms with van der Waals surface area (Å²) in [7, 11) is 0. The smallest absolute Gasteiger partial charge is 0.389 e. The van der Waals surface area contributed by atoms with Gasteiger partial charge in [-0.05, 0) is 32.7 Å². The second-order valence-corrected chi connectivity index (χ2v) is 5.21. The van der Waals surface area contributed by atoms with E-state index in [0.29, 0.717) is 6.42 Å². The molecule has 0 aromatic heterocycles. The molecule has 1 saturated heterocycles. The molecule has 3 nitrogen and oxygen atoms in total. The van der Waals surface area contributed by atoms with Crippen molar-refractivity contribution in [2.75, 3.05) is 32.8 Å². The Morgan fingerprint density at radius 2 is 1.89 bits per heavy atom. The topological polar surface area (TPSA) is 35.5 Å². The molecule has 1 rings (SSSR count). The maximum Gasteiger partial charge on any atom is 0.389 e. The summed E-state index contributed by atoms with van der Waals surface area (Å²) in [6.07, 6.45) is -3.45. The van der Waals surface area contributed by atoms with Gasteiger partial charge in [-0.2, -0.15) is 13.2 Å². The Labute approximate surface area is 106 Å². The number of alkyl halides is 3. The van der Waals surface area contributed by atoms with Crippen LogP contribution < -0.4 is 5.32 Å². The molecule has 1 atom stereocenters. The number of halogens is 3. The van der Waals surface area contributed by atoms with E-state index in [4.69, 9.17) is 0 Å². The highest BCUT2D eigenvalue weighted by molar-refractivity contribution is 4.87. The van der Waals surface area contributed by atoms with E-state index >= 15 is 0 Å². The van der Waals surface area contributed by atoms with Gasteiger partial charge in [0.15, 0.2) is 0 Å². The van der Waals surface area contributed by atoms with E-state index in [0.717, 1.165) is 32.6 Å². The predicted octanol–water partition coefficient (Wildman–Crippen LogP) is 1.77. The summed E-state index contributed by atoms with van der Waals surface area (Å²) >= 11 is 0. The number of nitrogens with zero attached hydrogens (tertiary/aromatic N) is 1. The molecule has 0 bridgehead atoms. The van der Waals surface area contributed by atoms with Gasteiger partial charge in [0, 0.05) is 31.6 Å². The van der Waals surface area contributed by atoms with Crippen LogP contribution in [0.25, 0.3) is 0 Å². The van der Waals surface area contributed by atoms with Crippen molar-refractivity contribution in [2.24, 2.45) is 0 Å². The monoisotopic (exact) mass is 268 g/mol. The summed E-state index contributed by atoms with van der Waals surface area (Å²) in [6, 6.07) is 0. The van der Waals surface area contributed by atoms with Crippen molar-refractivity contribution >= 4 is 0 Å². The van der Waals surface area contributed by atoms with Crippen LogP contribution in [0.2, 0.25) is 0 Å². The molecule has 0 aliphatic carbocycles. The van der Waals surface area contributed by atoms with Gasteiger partial charge in [-0.25, -0.2) is 0 Å². The molecule has 0 amide bonds. The lowest BCUT2D eigenvalue weighted by Gasteiger charge is -2.39. The molecule has 18 heavy (non-hydrogen) atoms. The first-order valence-electron chi connectivity index (χ1n) is 6.51. The number of rotatable bonds is 5. The fourth-order valence-electron chi connectivity index (χ4n) is 2.39. The van der Waals surface area contributed by atoms with Crippen LogP contribution in [0.4, 0.5) is 13.2 Å². The van der Waals surface area contributed by atoms with Crippen LogP contribution in [0, 0.1) is 0 Å².